The van der Waals surface area contributed by atoms with E-state index in [-0.39, 0.29) is 23.6 Å². The average molecular weight is 530 g/mol. The number of carbonyl (C=O) groups is 1. The fourth-order valence-electron chi connectivity index (χ4n) is 4.68. The van der Waals surface area contributed by atoms with Crippen molar-refractivity contribution in [3.05, 3.63) is 34.4 Å². The molecule has 0 aromatic carbocycles. The topological polar surface area (TPSA) is 80.2 Å². The fourth-order valence-corrected chi connectivity index (χ4v) is 5.62. The molecule has 0 bridgehead atoms. The second kappa shape index (κ2) is 11.4. The molecule has 12 heteroatoms. The van der Waals surface area contributed by atoms with Gasteiger partial charge in [0.2, 0.25) is 5.91 Å². The molecule has 3 heterocycles. The Bertz CT molecular complexity index is 997. The van der Waals surface area contributed by atoms with Gasteiger partial charge in [-0.1, -0.05) is 11.3 Å². The lowest BCUT2D eigenvalue weighted by atomic mass is 9.81. The number of hydrogen-bond donors (Lipinski definition) is 1. The lowest BCUT2D eigenvalue weighted by molar-refractivity contribution is -0.153. The van der Waals surface area contributed by atoms with E-state index in [1.54, 1.807) is 19.3 Å². The van der Waals surface area contributed by atoms with Gasteiger partial charge in [0.25, 0.3) is 5.19 Å². The van der Waals surface area contributed by atoms with Gasteiger partial charge in [0, 0.05) is 49.4 Å². The fraction of sp³-hybridized carbons (Fsp3) is 0.667. The van der Waals surface area contributed by atoms with Crippen molar-refractivity contribution in [1.82, 2.24) is 25.2 Å². The number of hydrogen-bond acceptors (Lipinski definition) is 7. The molecule has 1 fully saturated rings. The molecule has 2 aliphatic rings. The van der Waals surface area contributed by atoms with Crippen molar-refractivity contribution in [2.45, 2.75) is 76.2 Å². The highest BCUT2D eigenvalue weighted by molar-refractivity contribution is 7.13. The molecular formula is C24H31F4N5O2S. The molecule has 2 aromatic rings. The summed E-state index contributed by atoms with van der Waals surface area (Å²) in [4.78, 5) is 27.9. The van der Waals surface area contributed by atoms with Crippen LogP contribution in [0.4, 0.5) is 17.6 Å². The quantitative estimate of drug-likeness (QED) is 0.521. The van der Waals surface area contributed by atoms with Crippen LogP contribution in [0.15, 0.2) is 12.4 Å². The maximum atomic E-state index is 15.5. The molecule has 0 atom stereocenters. The van der Waals surface area contributed by atoms with E-state index in [1.807, 2.05) is 0 Å². The molecule has 1 saturated carbocycles. The number of rotatable bonds is 8. The van der Waals surface area contributed by atoms with Gasteiger partial charge in [0.15, 0.2) is 6.61 Å². The Hall–Kier alpha value is -2.34. The number of nitrogens with one attached hydrogen (secondary N) is 1. The van der Waals surface area contributed by atoms with Crippen molar-refractivity contribution in [2.24, 2.45) is 0 Å². The van der Waals surface area contributed by atoms with E-state index in [9.17, 15) is 18.0 Å². The Morgan fingerprint density at radius 2 is 1.92 bits per heavy atom. The van der Waals surface area contributed by atoms with Gasteiger partial charge in [-0.25, -0.2) is 19.3 Å². The number of aromatic nitrogens is 3. The lowest BCUT2D eigenvalue weighted by Gasteiger charge is -2.35. The van der Waals surface area contributed by atoms with Crippen molar-refractivity contribution >= 4 is 17.2 Å². The third-order valence-corrected chi connectivity index (χ3v) is 7.83. The number of carbonyl (C=O) groups excluding carboxylic acids is 1. The summed E-state index contributed by atoms with van der Waals surface area (Å²) >= 11 is 1.17. The highest BCUT2D eigenvalue weighted by Gasteiger charge is 2.36. The first-order valence-corrected chi connectivity index (χ1v) is 13.0. The summed E-state index contributed by atoms with van der Waals surface area (Å²) in [6, 6.07) is -0.0262. The number of amides is 1. The Kier molecular flexibility index (Phi) is 8.44. The zero-order chi connectivity index (χ0) is 25.8. The molecule has 0 saturated heterocycles. The van der Waals surface area contributed by atoms with Crippen LogP contribution in [0.2, 0.25) is 0 Å². The van der Waals surface area contributed by atoms with Gasteiger partial charge in [-0.2, -0.15) is 13.2 Å². The molecule has 198 valence electrons. The highest BCUT2D eigenvalue weighted by atomic mass is 32.1. The number of thiazole rings is 1. The second-order valence-electron chi connectivity index (χ2n) is 9.65. The van der Waals surface area contributed by atoms with E-state index in [2.05, 4.69) is 25.2 Å². The molecule has 1 amide bonds. The molecule has 1 N–H and O–H groups in total. The van der Waals surface area contributed by atoms with Crippen LogP contribution in [0.1, 0.15) is 54.1 Å². The van der Waals surface area contributed by atoms with E-state index in [0.717, 1.165) is 16.1 Å². The van der Waals surface area contributed by atoms with Crippen molar-refractivity contribution in [2.75, 3.05) is 26.2 Å². The Labute approximate surface area is 211 Å². The van der Waals surface area contributed by atoms with E-state index in [1.165, 1.54) is 11.3 Å². The first-order chi connectivity index (χ1) is 17.1. The number of ether oxygens (including phenoxy) is 1. The normalized spacial score (nSPS) is 23.1. The summed E-state index contributed by atoms with van der Waals surface area (Å²) in [6.07, 6.45) is 2.86. The molecule has 1 aliphatic heterocycles. The van der Waals surface area contributed by atoms with Gasteiger partial charge >= 0.3 is 6.18 Å². The third-order valence-electron chi connectivity index (χ3n) is 6.76. The lowest BCUT2D eigenvalue weighted by Crippen LogP contribution is -2.43. The van der Waals surface area contributed by atoms with Crippen molar-refractivity contribution in [3.63, 3.8) is 0 Å². The van der Waals surface area contributed by atoms with Crippen LogP contribution in [0.25, 0.3) is 0 Å². The van der Waals surface area contributed by atoms with Crippen molar-refractivity contribution < 1.29 is 27.1 Å². The summed E-state index contributed by atoms with van der Waals surface area (Å²) in [5.41, 5.74) is 0.281. The van der Waals surface area contributed by atoms with Crippen LogP contribution in [-0.2, 0) is 24.1 Å². The van der Waals surface area contributed by atoms with Crippen LogP contribution < -0.4 is 10.1 Å². The van der Waals surface area contributed by atoms with E-state index < -0.39 is 18.5 Å². The maximum Gasteiger partial charge on any atom is 0.422 e. The van der Waals surface area contributed by atoms with Crippen molar-refractivity contribution in [1.29, 1.82) is 0 Å². The van der Waals surface area contributed by atoms with Crippen LogP contribution in [0, 0.1) is 6.92 Å². The molecule has 36 heavy (non-hydrogen) atoms. The average Bonchev–Trinajstić information content (AvgIpc) is 3.12. The Morgan fingerprint density at radius 3 is 2.61 bits per heavy atom. The summed E-state index contributed by atoms with van der Waals surface area (Å²) < 4.78 is 57.4. The van der Waals surface area contributed by atoms with Crippen LogP contribution >= 0.6 is 11.3 Å². The molecule has 7 nitrogen and oxygen atoms in total. The molecule has 0 radical (unpaired) electrons. The Balaban J connectivity index is 1.17. The molecule has 2 aromatic heterocycles. The SMILES string of the molecule is Cc1ncc(CC(=O)N[C@H]2CC[C@](F)(CCN3CCc4nc(OCC(F)(F)F)sc4CC3)CC2)cn1. The number of alkyl halides is 4. The Morgan fingerprint density at radius 1 is 1.22 bits per heavy atom. The van der Waals surface area contributed by atoms with Gasteiger partial charge in [0.1, 0.15) is 11.5 Å². The highest BCUT2D eigenvalue weighted by Crippen LogP contribution is 2.36. The third kappa shape index (κ3) is 7.83. The maximum absolute atomic E-state index is 15.5. The molecule has 1 aliphatic carbocycles. The molecule has 0 spiro atoms. The first-order valence-electron chi connectivity index (χ1n) is 12.2. The second-order valence-corrected chi connectivity index (χ2v) is 10.7. The summed E-state index contributed by atoms with van der Waals surface area (Å²) in [7, 11) is 0. The number of nitrogens with zero attached hydrogens (tertiary/aromatic N) is 4. The smallest absolute Gasteiger partial charge is 0.422 e. The number of aryl methyl sites for hydroxylation is 1. The zero-order valence-electron chi connectivity index (χ0n) is 20.2. The molecule has 4 rings (SSSR count). The minimum atomic E-state index is -4.39. The predicted molar refractivity (Wildman–Crippen MR) is 127 cm³/mol. The van der Waals surface area contributed by atoms with E-state index in [4.69, 9.17) is 4.74 Å². The largest absolute Gasteiger partial charge is 0.460 e. The van der Waals surface area contributed by atoms with Gasteiger partial charge in [-0.3, -0.25) is 4.79 Å². The first kappa shape index (κ1) is 26.7. The monoisotopic (exact) mass is 529 g/mol. The zero-order valence-corrected chi connectivity index (χ0v) is 21.1. The number of fused-ring (bicyclic) bond motifs is 1. The van der Waals surface area contributed by atoms with Crippen LogP contribution in [-0.4, -0.2) is 69.9 Å². The van der Waals surface area contributed by atoms with E-state index in [0.29, 0.717) is 70.4 Å². The summed E-state index contributed by atoms with van der Waals surface area (Å²) in [6.45, 7) is 2.47. The van der Waals surface area contributed by atoms with Crippen LogP contribution in [0.5, 0.6) is 5.19 Å². The predicted octanol–water partition coefficient (Wildman–Crippen LogP) is 3.98. The van der Waals surface area contributed by atoms with Gasteiger partial charge in [-0.15, -0.1) is 0 Å². The van der Waals surface area contributed by atoms with Crippen molar-refractivity contribution in [3.8, 4) is 5.19 Å². The van der Waals surface area contributed by atoms with Crippen LogP contribution in [0.3, 0.4) is 0 Å². The van der Waals surface area contributed by atoms with E-state index >= 15 is 4.39 Å². The summed E-state index contributed by atoms with van der Waals surface area (Å²) in [5.74, 6) is 0.554. The van der Waals surface area contributed by atoms with Gasteiger partial charge in [-0.05, 0) is 51.0 Å². The van der Waals surface area contributed by atoms with Gasteiger partial charge in [0.05, 0.1) is 12.1 Å². The summed E-state index contributed by atoms with van der Waals surface area (Å²) in [5, 5.41) is 3.07. The minimum Gasteiger partial charge on any atom is -0.460 e. The molecule has 0 unspecified atom stereocenters. The minimum absolute atomic E-state index is 0.0262. The molecular weight excluding hydrogens is 498 g/mol. The number of halogens is 4. The van der Waals surface area contributed by atoms with Gasteiger partial charge < -0.3 is 15.0 Å². The standard InChI is InChI=1S/C24H31F4N5O2S/c1-16-29-13-17(14-30-16)12-21(34)31-18-2-6-23(25,7-3-18)8-11-33-9-4-19-20(5-10-33)36-22(32-19)35-15-24(26,27)28/h13-14,18H,2-12,15H2,1H3,(H,31,34)/t18-,23+.